The van der Waals surface area contributed by atoms with Gasteiger partial charge in [0.2, 0.25) is 12.2 Å². The first kappa shape index (κ1) is 29.3. The SMILES string of the molecule is CCCC(=O)OC(OS(=O)(=O)CCCNC(C)=O)C(C)(C)[C@](O)(CC1CCCCC1)C(=O)O. The number of aliphatic carboxylic acids is 1. The van der Waals surface area contributed by atoms with Gasteiger partial charge in [0.15, 0.2) is 5.60 Å². The number of rotatable bonds is 14. The molecule has 0 heterocycles. The molecule has 11 heteroatoms. The fourth-order valence-electron chi connectivity index (χ4n) is 3.99. The lowest BCUT2D eigenvalue weighted by Gasteiger charge is -2.44. The number of amides is 1. The predicted octanol–water partition coefficient (Wildman–Crippen LogP) is 2.34. The second-order valence-electron chi connectivity index (χ2n) is 9.36. The first-order valence-electron chi connectivity index (χ1n) is 11.6. The van der Waals surface area contributed by atoms with Crippen molar-refractivity contribution in [3.8, 4) is 0 Å². The van der Waals surface area contributed by atoms with Gasteiger partial charge in [0.25, 0.3) is 10.1 Å². The van der Waals surface area contributed by atoms with E-state index in [0.717, 1.165) is 32.1 Å². The summed E-state index contributed by atoms with van der Waals surface area (Å²) in [6.07, 6.45) is 2.92. The number of carbonyl (C=O) groups excluding carboxylic acids is 2. The summed E-state index contributed by atoms with van der Waals surface area (Å²) in [6, 6.07) is 0. The van der Waals surface area contributed by atoms with Gasteiger partial charge in [-0.1, -0.05) is 52.9 Å². The van der Waals surface area contributed by atoms with Crippen LogP contribution in [0.3, 0.4) is 0 Å². The third kappa shape index (κ3) is 8.86. The van der Waals surface area contributed by atoms with Crippen molar-refractivity contribution in [3.05, 3.63) is 0 Å². The Morgan fingerprint density at radius 2 is 1.76 bits per heavy atom. The zero-order valence-corrected chi connectivity index (χ0v) is 20.9. The van der Waals surface area contributed by atoms with E-state index in [4.69, 9.17) is 8.92 Å². The van der Waals surface area contributed by atoms with Crippen LogP contribution in [-0.4, -0.2) is 60.7 Å². The summed E-state index contributed by atoms with van der Waals surface area (Å²) in [5, 5.41) is 23.8. The number of hydrogen-bond acceptors (Lipinski definition) is 8. The van der Waals surface area contributed by atoms with Crippen LogP contribution < -0.4 is 5.32 Å². The molecule has 10 nitrogen and oxygen atoms in total. The van der Waals surface area contributed by atoms with Crippen molar-refractivity contribution < 1.29 is 41.9 Å². The third-order valence-corrected chi connectivity index (χ3v) is 7.45. The summed E-state index contributed by atoms with van der Waals surface area (Å²) >= 11 is 0. The van der Waals surface area contributed by atoms with Crippen molar-refractivity contribution in [1.82, 2.24) is 5.32 Å². The second kappa shape index (κ2) is 12.7. The molecular formula is C22H39NO9S. The van der Waals surface area contributed by atoms with Gasteiger partial charge in [-0.25, -0.2) is 8.98 Å². The summed E-state index contributed by atoms with van der Waals surface area (Å²) in [5.74, 6) is -3.13. The fraction of sp³-hybridized carbons (Fsp3) is 0.864. The molecule has 1 saturated carbocycles. The van der Waals surface area contributed by atoms with Gasteiger partial charge in [-0.2, -0.15) is 8.42 Å². The molecule has 0 saturated heterocycles. The molecular weight excluding hydrogens is 454 g/mol. The van der Waals surface area contributed by atoms with E-state index < -0.39 is 45.1 Å². The Balaban J connectivity index is 3.16. The number of nitrogens with one attached hydrogen (secondary N) is 1. The molecule has 0 aromatic heterocycles. The minimum absolute atomic E-state index is 0.0212. The molecule has 0 spiro atoms. The molecule has 0 aromatic rings. The van der Waals surface area contributed by atoms with Gasteiger partial charge < -0.3 is 20.3 Å². The topological polar surface area (TPSA) is 156 Å². The van der Waals surface area contributed by atoms with Crippen LogP contribution in [0.25, 0.3) is 0 Å². The highest BCUT2D eigenvalue weighted by Crippen LogP contribution is 2.44. The normalized spacial score (nSPS) is 18.2. The van der Waals surface area contributed by atoms with Gasteiger partial charge in [-0.3, -0.25) is 9.59 Å². The molecule has 2 atom stereocenters. The largest absolute Gasteiger partial charge is 0.479 e. The number of esters is 1. The Morgan fingerprint density at radius 3 is 2.27 bits per heavy atom. The number of carboxylic acids is 1. The Kier molecular flexibility index (Phi) is 11.2. The highest BCUT2D eigenvalue weighted by molar-refractivity contribution is 7.86. The lowest BCUT2D eigenvalue weighted by atomic mass is 9.67. The quantitative estimate of drug-likeness (QED) is 0.143. The van der Waals surface area contributed by atoms with Gasteiger partial charge in [0, 0.05) is 19.9 Å². The summed E-state index contributed by atoms with van der Waals surface area (Å²) < 4.78 is 35.7. The average molecular weight is 494 g/mol. The molecule has 1 fully saturated rings. The van der Waals surface area contributed by atoms with E-state index in [1.165, 1.54) is 20.8 Å². The zero-order valence-electron chi connectivity index (χ0n) is 20.1. The number of hydrogen-bond donors (Lipinski definition) is 3. The van der Waals surface area contributed by atoms with Crippen LogP contribution in [0, 0.1) is 11.3 Å². The number of aliphatic hydroxyl groups is 1. The van der Waals surface area contributed by atoms with E-state index in [1.807, 2.05) is 0 Å². The van der Waals surface area contributed by atoms with Gasteiger partial charge in [-0.15, -0.1) is 0 Å². The molecule has 33 heavy (non-hydrogen) atoms. The molecule has 1 unspecified atom stereocenters. The van der Waals surface area contributed by atoms with Crippen LogP contribution in [0.4, 0.5) is 0 Å². The second-order valence-corrected chi connectivity index (χ2v) is 11.1. The Hall–Kier alpha value is -1.72. The average Bonchev–Trinajstić information content (AvgIpc) is 2.71. The minimum atomic E-state index is -4.27. The molecule has 192 valence electrons. The minimum Gasteiger partial charge on any atom is -0.479 e. The zero-order chi connectivity index (χ0) is 25.3. The summed E-state index contributed by atoms with van der Waals surface area (Å²) in [4.78, 5) is 35.5. The van der Waals surface area contributed by atoms with Crippen LogP contribution in [0.2, 0.25) is 0 Å². The molecule has 1 rings (SSSR count). The lowest BCUT2D eigenvalue weighted by molar-refractivity contribution is -0.227. The van der Waals surface area contributed by atoms with E-state index in [-0.39, 0.29) is 37.6 Å². The van der Waals surface area contributed by atoms with Gasteiger partial charge >= 0.3 is 11.9 Å². The Bertz CT molecular complexity index is 775. The van der Waals surface area contributed by atoms with Crippen LogP contribution in [0.15, 0.2) is 0 Å². The molecule has 0 bridgehead atoms. The van der Waals surface area contributed by atoms with Gasteiger partial charge in [-0.05, 0) is 25.2 Å². The first-order valence-corrected chi connectivity index (χ1v) is 13.1. The maximum Gasteiger partial charge on any atom is 0.336 e. The molecule has 0 aliphatic heterocycles. The maximum atomic E-state index is 12.6. The summed E-state index contributed by atoms with van der Waals surface area (Å²) in [5.41, 5.74) is -4.18. The van der Waals surface area contributed by atoms with Crippen LogP contribution in [-0.2, 0) is 33.4 Å². The monoisotopic (exact) mass is 493 g/mol. The number of carboxylic acid groups (broad SMARTS) is 1. The van der Waals surface area contributed by atoms with E-state index in [1.54, 1.807) is 6.92 Å². The number of ether oxygens (including phenoxy) is 1. The molecule has 1 amide bonds. The molecule has 0 aromatic carbocycles. The molecule has 3 N–H and O–H groups in total. The fourth-order valence-corrected chi connectivity index (χ4v) is 5.13. The van der Waals surface area contributed by atoms with E-state index in [2.05, 4.69) is 5.32 Å². The standard InChI is InChI=1S/C22H39NO9S/c1-5-10-18(25)31-20(32-33(29,30)14-9-13-23-16(2)24)21(3,4)22(28,19(26)27)15-17-11-7-6-8-12-17/h17,20,28H,5-15H2,1-4H3,(H,23,24)(H,26,27)/t20?,22-/m0/s1. The first-order chi connectivity index (χ1) is 15.2. The van der Waals surface area contributed by atoms with Crippen LogP contribution >= 0.6 is 0 Å². The van der Waals surface area contributed by atoms with Gasteiger partial charge in [0.1, 0.15) is 0 Å². The van der Waals surface area contributed by atoms with Gasteiger partial charge in [0.05, 0.1) is 11.2 Å². The van der Waals surface area contributed by atoms with Crippen molar-refractivity contribution in [2.75, 3.05) is 12.3 Å². The Labute approximate surface area is 196 Å². The maximum absolute atomic E-state index is 12.6. The van der Waals surface area contributed by atoms with Crippen LogP contribution in [0.1, 0.15) is 85.5 Å². The van der Waals surface area contributed by atoms with Crippen molar-refractivity contribution >= 4 is 28.0 Å². The number of carbonyl (C=O) groups is 3. The third-order valence-electron chi connectivity index (χ3n) is 6.19. The van der Waals surface area contributed by atoms with E-state index in [9.17, 15) is 33.0 Å². The van der Waals surface area contributed by atoms with Crippen molar-refractivity contribution in [2.24, 2.45) is 11.3 Å². The summed E-state index contributed by atoms with van der Waals surface area (Å²) in [7, 11) is -4.27. The van der Waals surface area contributed by atoms with Crippen molar-refractivity contribution in [2.45, 2.75) is 97.4 Å². The molecule has 0 radical (unpaired) electrons. The highest BCUT2D eigenvalue weighted by atomic mass is 32.2. The van der Waals surface area contributed by atoms with Crippen molar-refractivity contribution in [3.63, 3.8) is 0 Å². The molecule has 1 aliphatic carbocycles. The van der Waals surface area contributed by atoms with E-state index in [0.29, 0.717) is 6.42 Å². The van der Waals surface area contributed by atoms with Crippen molar-refractivity contribution in [1.29, 1.82) is 0 Å². The molecule has 1 aliphatic rings. The lowest BCUT2D eigenvalue weighted by Crippen LogP contribution is -2.59. The highest BCUT2D eigenvalue weighted by Gasteiger charge is 2.58. The predicted molar refractivity (Wildman–Crippen MR) is 121 cm³/mol. The summed E-state index contributed by atoms with van der Waals surface area (Å²) in [6.45, 7) is 5.80. The smallest absolute Gasteiger partial charge is 0.336 e. The Morgan fingerprint density at radius 1 is 1.15 bits per heavy atom. The van der Waals surface area contributed by atoms with Crippen LogP contribution in [0.5, 0.6) is 0 Å². The van der Waals surface area contributed by atoms with E-state index >= 15 is 0 Å².